The number of hydrogen-bond donors (Lipinski definition) is 0. The van der Waals surface area contributed by atoms with E-state index in [4.69, 9.17) is 14.2 Å². The molecule has 2 aliphatic rings. The highest BCUT2D eigenvalue weighted by atomic mass is 79.9. The molecule has 0 radical (unpaired) electrons. The Kier molecular flexibility index (Phi) is 4.31. The predicted octanol–water partition coefficient (Wildman–Crippen LogP) is 3.45. The van der Waals surface area contributed by atoms with Crippen molar-refractivity contribution in [1.29, 1.82) is 0 Å². The van der Waals surface area contributed by atoms with Gasteiger partial charge in [-0.05, 0) is 40.9 Å². The third kappa shape index (κ3) is 2.99. The van der Waals surface area contributed by atoms with Gasteiger partial charge in [-0.3, -0.25) is 4.79 Å². The lowest BCUT2D eigenvalue weighted by Crippen LogP contribution is -2.42. The Hall–Kier alpha value is -1.33. The van der Waals surface area contributed by atoms with Crippen molar-refractivity contribution in [1.82, 2.24) is 0 Å². The number of hydrogen-bond acceptors (Lipinski definition) is 4. The van der Waals surface area contributed by atoms with E-state index in [9.17, 15) is 4.79 Å². The summed E-state index contributed by atoms with van der Waals surface area (Å²) in [5.74, 6) is 0.791. The van der Waals surface area contributed by atoms with Crippen LogP contribution in [0.25, 0.3) is 0 Å². The fourth-order valence-electron chi connectivity index (χ4n) is 2.87. The zero-order chi connectivity index (χ0) is 14.8. The van der Waals surface area contributed by atoms with E-state index < -0.39 is 0 Å². The van der Waals surface area contributed by atoms with Crippen LogP contribution in [0.2, 0.25) is 0 Å². The third-order valence-electron chi connectivity index (χ3n) is 4.06. The molecule has 1 aliphatic carbocycles. The van der Waals surface area contributed by atoms with E-state index in [1.165, 1.54) is 6.26 Å². The summed E-state index contributed by atoms with van der Waals surface area (Å²) >= 11 is 3.41. The quantitative estimate of drug-likeness (QED) is 0.835. The maximum atomic E-state index is 12.5. The molecular weight excluding hydrogens is 336 g/mol. The number of allylic oxidation sites excluding steroid dienone is 1. The van der Waals surface area contributed by atoms with Crippen LogP contribution in [0, 0.1) is 5.92 Å². The van der Waals surface area contributed by atoms with E-state index in [2.05, 4.69) is 15.9 Å². The molecule has 3 unspecified atom stereocenters. The first kappa shape index (κ1) is 14.6. The first-order chi connectivity index (χ1) is 10.2. The number of para-hydroxylation sites is 1. The molecule has 1 heterocycles. The van der Waals surface area contributed by atoms with Gasteiger partial charge in [-0.2, -0.15) is 0 Å². The second-order valence-corrected chi connectivity index (χ2v) is 6.18. The minimum atomic E-state index is -0.126. The molecule has 112 valence electrons. The van der Waals surface area contributed by atoms with Crippen molar-refractivity contribution in [3.8, 4) is 5.75 Å². The monoisotopic (exact) mass is 352 g/mol. The third-order valence-corrected chi connectivity index (χ3v) is 4.72. The van der Waals surface area contributed by atoms with Crippen LogP contribution >= 0.6 is 15.9 Å². The van der Waals surface area contributed by atoms with Crippen LogP contribution in [0.15, 0.2) is 40.8 Å². The average molecular weight is 353 g/mol. The van der Waals surface area contributed by atoms with Gasteiger partial charge in [-0.15, -0.1) is 0 Å². The summed E-state index contributed by atoms with van der Waals surface area (Å²) in [5.41, 5.74) is 0. The summed E-state index contributed by atoms with van der Waals surface area (Å²) < 4.78 is 17.6. The van der Waals surface area contributed by atoms with E-state index in [1.807, 2.05) is 24.3 Å². The molecule has 1 fully saturated rings. The molecule has 0 aromatic heterocycles. The van der Waals surface area contributed by atoms with E-state index in [0.29, 0.717) is 5.75 Å². The van der Waals surface area contributed by atoms with Crippen LogP contribution in [0.5, 0.6) is 5.75 Å². The summed E-state index contributed by atoms with van der Waals surface area (Å²) in [4.78, 5) is 12.5. The molecule has 3 atom stereocenters. The number of carbonyl (C=O) groups is 1. The number of benzene rings is 1. The Bertz CT molecular complexity index is 569. The van der Waals surface area contributed by atoms with Crippen LogP contribution in [0.1, 0.15) is 19.3 Å². The van der Waals surface area contributed by atoms with Crippen LogP contribution in [-0.2, 0) is 14.3 Å². The molecule has 0 saturated heterocycles. The van der Waals surface area contributed by atoms with Crippen LogP contribution in [0.3, 0.4) is 0 Å². The Morgan fingerprint density at radius 3 is 2.86 bits per heavy atom. The molecule has 0 N–H and O–H groups in total. The van der Waals surface area contributed by atoms with Gasteiger partial charge in [0.15, 0.2) is 0 Å². The fraction of sp³-hybridized carbons (Fsp3) is 0.438. The number of fused-ring (bicyclic) bond motifs is 1. The number of ketones is 1. The first-order valence-electron chi connectivity index (χ1n) is 7.04. The standard InChI is InChI=1S/C16H17BrO4/c1-19-10-6-7-11-14(8-10)20-9-15(16(11)18)21-13-5-3-2-4-12(13)17/h2-5,9-11,14H,6-8H2,1H3. The minimum Gasteiger partial charge on any atom is -0.493 e. The van der Waals surface area contributed by atoms with Gasteiger partial charge in [0, 0.05) is 13.5 Å². The number of rotatable bonds is 3. The SMILES string of the molecule is COC1CCC2C(=O)C(Oc3ccccc3Br)=COC2C1. The van der Waals surface area contributed by atoms with Gasteiger partial charge in [0.05, 0.1) is 16.5 Å². The zero-order valence-electron chi connectivity index (χ0n) is 11.8. The molecule has 4 nitrogen and oxygen atoms in total. The smallest absolute Gasteiger partial charge is 0.208 e. The van der Waals surface area contributed by atoms with Crippen LogP contribution < -0.4 is 4.74 Å². The van der Waals surface area contributed by atoms with Crippen LogP contribution in [0.4, 0.5) is 0 Å². The van der Waals surface area contributed by atoms with Crippen molar-refractivity contribution in [2.45, 2.75) is 31.5 Å². The van der Waals surface area contributed by atoms with Gasteiger partial charge in [0.1, 0.15) is 18.1 Å². The number of methoxy groups -OCH3 is 1. The summed E-state index contributed by atoms with van der Waals surface area (Å²) in [5, 5.41) is 0. The van der Waals surface area contributed by atoms with Crippen molar-refractivity contribution >= 4 is 21.7 Å². The maximum absolute atomic E-state index is 12.5. The molecule has 21 heavy (non-hydrogen) atoms. The molecule has 1 aliphatic heterocycles. The normalized spacial score (nSPS) is 28.4. The van der Waals surface area contributed by atoms with Gasteiger partial charge in [0.25, 0.3) is 0 Å². The van der Waals surface area contributed by atoms with Gasteiger partial charge in [0.2, 0.25) is 11.5 Å². The van der Waals surface area contributed by atoms with Crippen molar-refractivity contribution in [3.63, 3.8) is 0 Å². The second-order valence-electron chi connectivity index (χ2n) is 5.33. The number of Topliss-reactive ketones (excluding diaryl/α,β-unsaturated/α-hetero) is 1. The molecule has 0 amide bonds. The van der Waals surface area contributed by atoms with Crippen LogP contribution in [-0.4, -0.2) is 25.1 Å². The Morgan fingerprint density at radius 2 is 2.10 bits per heavy atom. The van der Waals surface area contributed by atoms with Gasteiger partial charge < -0.3 is 14.2 Å². The highest BCUT2D eigenvalue weighted by Crippen LogP contribution is 2.35. The molecule has 1 aromatic rings. The molecule has 1 saturated carbocycles. The molecule has 0 bridgehead atoms. The predicted molar refractivity (Wildman–Crippen MR) is 80.9 cm³/mol. The Balaban J connectivity index is 1.75. The van der Waals surface area contributed by atoms with Crippen molar-refractivity contribution < 1.29 is 19.0 Å². The number of halogens is 1. The van der Waals surface area contributed by atoms with Gasteiger partial charge in [-0.1, -0.05) is 12.1 Å². The highest BCUT2D eigenvalue weighted by molar-refractivity contribution is 9.10. The fourth-order valence-corrected chi connectivity index (χ4v) is 3.23. The lowest BCUT2D eigenvalue weighted by molar-refractivity contribution is -0.133. The van der Waals surface area contributed by atoms with E-state index >= 15 is 0 Å². The van der Waals surface area contributed by atoms with E-state index in [-0.39, 0.29) is 29.7 Å². The number of ether oxygens (including phenoxy) is 3. The summed E-state index contributed by atoms with van der Waals surface area (Å²) in [6.07, 6.45) is 3.95. The van der Waals surface area contributed by atoms with Crippen molar-refractivity contribution in [2.75, 3.05) is 7.11 Å². The molecule has 0 spiro atoms. The Morgan fingerprint density at radius 1 is 1.29 bits per heavy atom. The number of carbonyl (C=O) groups excluding carboxylic acids is 1. The second kappa shape index (κ2) is 6.20. The lowest BCUT2D eigenvalue weighted by Gasteiger charge is -2.36. The van der Waals surface area contributed by atoms with E-state index in [0.717, 1.165) is 23.7 Å². The minimum absolute atomic E-state index is 0.0246. The highest BCUT2D eigenvalue weighted by Gasteiger charge is 2.41. The maximum Gasteiger partial charge on any atom is 0.208 e. The first-order valence-corrected chi connectivity index (χ1v) is 7.83. The molecule has 3 rings (SSSR count). The van der Waals surface area contributed by atoms with Crippen molar-refractivity contribution in [2.24, 2.45) is 5.92 Å². The van der Waals surface area contributed by atoms with E-state index in [1.54, 1.807) is 7.11 Å². The topological polar surface area (TPSA) is 44.8 Å². The van der Waals surface area contributed by atoms with Gasteiger partial charge in [-0.25, -0.2) is 0 Å². The van der Waals surface area contributed by atoms with Gasteiger partial charge >= 0.3 is 0 Å². The lowest BCUT2D eigenvalue weighted by atomic mass is 9.80. The molecular formula is C16H17BrO4. The molecule has 1 aromatic carbocycles. The molecule has 5 heteroatoms. The Labute approximate surface area is 132 Å². The summed E-state index contributed by atoms with van der Waals surface area (Å²) in [6.45, 7) is 0. The largest absolute Gasteiger partial charge is 0.493 e. The summed E-state index contributed by atoms with van der Waals surface area (Å²) in [7, 11) is 1.70. The van der Waals surface area contributed by atoms with Crippen molar-refractivity contribution in [3.05, 3.63) is 40.8 Å². The average Bonchev–Trinajstić information content (AvgIpc) is 2.51. The summed E-state index contributed by atoms with van der Waals surface area (Å²) in [6, 6.07) is 7.44. The zero-order valence-corrected chi connectivity index (χ0v) is 13.3.